The first-order valence-electron chi connectivity index (χ1n) is 10.2. The van der Waals surface area contributed by atoms with Crippen molar-refractivity contribution in [2.24, 2.45) is 0 Å². The standard InChI is InChI=1S/C16H12Cl2F3N3O2S.2C2HF3O2/c17-9-7-22-8-10(18)13(9)23-3-5-24(6-4-23)15(26)12-2-1-11(27-12)14(25)16(19,20)21;2*3-2(4,5)1(6)7/h1-2,7-8H,3-6H2;2*(H,6,7). The minimum Gasteiger partial charge on any atom is -0.475 e. The highest BCUT2D eigenvalue weighted by molar-refractivity contribution is 7.16. The van der Waals surface area contributed by atoms with E-state index in [0.717, 1.165) is 6.07 Å². The highest BCUT2D eigenvalue weighted by Crippen LogP contribution is 2.33. The number of pyridine rings is 1. The van der Waals surface area contributed by atoms with Gasteiger partial charge in [-0.25, -0.2) is 9.59 Å². The molecule has 9 nitrogen and oxygen atoms in total. The third-order valence-corrected chi connectivity index (χ3v) is 6.12. The zero-order chi connectivity index (χ0) is 31.9. The van der Waals surface area contributed by atoms with Gasteiger partial charge in [-0.2, -0.15) is 39.5 Å². The number of carbonyl (C=O) groups excluding carboxylic acids is 2. The molecule has 41 heavy (non-hydrogen) atoms. The van der Waals surface area contributed by atoms with Crippen LogP contribution >= 0.6 is 34.5 Å². The topological polar surface area (TPSA) is 128 Å². The molecule has 2 aromatic heterocycles. The molecule has 1 amide bonds. The Labute approximate surface area is 236 Å². The maximum absolute atomic E-state index is 12.5. The molecule has 0 saturated carbocycles. The van der Waals surface area contributed by atoms with Crippen molar-refractivity contribution < 1.29 is 68.9 Å². The number of hydrogen-bond donors (Lipinski definition) is 2. The number of hydrogen-bond acceptors (Lipinski definition) is 7. The van der Waals surface area contributed by atoms with E-state index in [1.807, 2.05) is 4.90 Å². The van der Waals surface area contributed by atoms with E-state index in [4.69, 9.17) is 43.0 Å². The number of ketones is 1. The summed E-state index contributed by atoms with van der Waals surface area (Å²) in [5.41, 5.74) is 0.634. The van der Waals surface area contributed by atoms with E-state index >= 15 is 0 Å². The molecular formula is C20H14Cl2F9N3O6S. The number of alkyl halides is 9. The molecule has 0 aromatic carbocycles. The molecule has 0 spiro atoms. The van der Waals surface area contributed by atoms with Crippen LogP contribution in [0.5, 0.6) is 0 Å². The van der Waals surface area contributed by atoms with Crippen molar-refractivity contribution in [2.75, 3.05) is 31.1 Å². The molecule has 1 aliphatic heterocycles. The minimum atomic E-state index is -5.08. The lowest BCUT2D eigenvalue weighted by Gasteiger charge is -2.36. The average Bonchev–Trinajstić information content (AvgIpc) is 3.32. The second-order valence-electron chi connectivity index (χ2n) is 7.33. The molecule has 3 rings (SSSR count). The Kier molecular flexibility index (Phi) is 12.2. The molecule has 2 aromatic rings. The smallest absolute Gasteiger partial charge is 0.475 e. The van der Waals surface area contributed by atoms with Crippen LogP contribution in [0.4, 0.5) is 45.2 Å². The summed E-state index contributed by atoms with van der Waals surface area (Å²) in [6.07, 6.45) is -12.2. The lowest BCUT2D eigenvalue weighted by atomic mass is 10.2. The van der Waals surface area contributed by atoms with Crippen LogP contribution in [-0.4, -0.2) is 88.4 Å². The molecule has 228 valence electrons. The summed E-state index contributed by atoms with van der Waals surface area (Å²) in [7, 11) is 0. The van der Waals surface area contributed by atoms with Gasteiger partial charge in [0.05, 0.1) is 25.5 Å². The summed E-state index contributed by atoms with van der Waals surface area (Å²) in [5, 5.41) is 15.0. The number of rotatable bonds is 3. The summed E-state index contributed by atoms with van der Waals surface area (Å²) in [5.74, 6) is -7.87. The second kappa shape index (κ2) is 14.0. The first-order valence-corrected chi connectivity index (χ1v) is 11.8. The molecule has 21 heteroatoms. The molecule has 2 N–H and O–H groups in total. The maximum atomic E-state index is 12.5. The number of halogens is 11. The number of Topliss-reactive ketones (excluding diaryl/α,β-unsaturated/α-hetero) is 1. The van der Waals surface area contributed by atoms with Gasteiger partial charge in [0.2, 0.25) is 0 Å². The van der Waals surface area contributed by atoms with Gasteiger partial charge in [0, 0.05) is 38.6 Å². The predicted molar refractivity (Wildman–Crippen MR) is 124 cm³/mol. The number of aromatic nitrogens is 1. The Balaban J connectivity index is 0.000000497. The number of carboxylic acids is 2. The van der Waals surface area contributed by atoms with Crippen molar-refractivity contribution in [1.82, 2.24) is 9.88 Å². The van der Waals surface area contributed by atoms with Crippen molar-refractivity contribution in [3.8, 4) is 0 Å². The van der Waals surface area contributed by atoms with E-state index in [9.17, 15) is 49.1 Å². The van der Waals surface area contributed by atoms with Crippen LogP contribution < -0.4 is 4.90 Å². The molecule has 3 heterocycles. The average molecular weight is 666 g/mol. The first-order chi connectivity index (χ1) is 18.6. The van der Waals surface area contributed by atoms with Gasteiger partial charge < -0.3 is 20.0 Å². The summed E-state index contributed by atoms with van der Waals surface area (Å²) < 4.78 is 101. The number of anilines is 1. The van der Waals surface area contributed by atoms with E-state index < -0.39 is 47.0 Å². The van der Waals surface area contributed by atoms with Crippen molar-refractivity contribution in [2.45, 2.75) is 18.5 Å². The fourth-order valence-corrected chi connectivity index (χ4v) is 4.25. The summed E-state index contributed by atoms with van der Waals surface area (Å²) >= 11 is 12.8. The maximum Gasteiger partial charge on any atom is 0.490 e. The van der Waals surface area contributed by atoms with Gasteiger partial charge in [-0.3, -0.25) is 14.6 Å². The molecular weight excluding hydrogens is 652 g/mol. The normalized spacial score (nSPS) is 13.8. The quantitative estimate of drug-likeness (QED) is 0.329. The largest absolute Gasteiger partial charge is 0.490 e. The number of carbonyl (C=O) groups is 4. The van der Waals surface area contributed by atoms with Gasteiger partial charge in [-0.1, -0.05) is 23.2 Å². The van der Waals surface area contributed by atoms with E-state index in [0.29, 0.717) is 53.2 Å². The van der Waals surface area contributed by atoms with Crippen LogP contribution in [-0.2, 0) is 9.59 Å². The Morgan fingerprint density at radius 2 is 1.12 bits per heavy atom. The van der Waals surface area contributed by atoms with Crippen LogP contribution in [0.2, 0.25) is 10.0 Å². The SMILES string of the molecule is O=C(O)C(F)(F)F.O=C(O)C(F)(F)F.O=C(c1ccc(C(=O)C(F)(F)F)s1)N1CCN(c2c(Cl)cncc2Cl)CC1. The van der Waals surface area contributed by atoms with Gasteiger partial charge in [0.15, 0.2) is 0 Å². The minimum absolute atomic E-state index is 0.0935. The molecule has 0 bridgehead atoms. The van der Waals surface area contributed by atoms with E-state index in [-0.39, 0.29) is 4.88 Å². The Hall–Kier alpha value is -3.32. The zero-order valence-corrected chi connectivity index (χ0v) is 21.9. The van der Waals surface area contributed by atoms with E-state index in [1.54, 1.807) is 0 Å². The molecule has 0 unspecified atom stereocenters. The Morgan fingerprint density at radius 1 is 0.732 bits per heavy atom. The van der Waals surface area contributed by atoms with Gasteiger partial charge >= 0.3 is 30.5 Å². The van der Waals surface area contributed by atoms with Crippen molar-refractivity contribution in [1.29, 1.82) is 0 Å². The summed E-state index contributed by atoms with van der Waals surface area (Å²) in [6.45, 7) is 1.59. The number of aliphatic carboxylic acids is 2. The summed E-state index contributed by atoms with van der Waals surface area (Å²) in [6, 6.07) is 2.27. The lowest BCUT2D eigenvalue weighted by Crippen LogP contribution is -2.48. The lowest BCUT2D eigenvalue weighted by molar-refractivity contribution is -0.193. The van der Waals surface area contributed by atoms with Crippen LogP contribution in [0.25, 0.3) is 0 Å². The highest BCUT2D eigenvalue weighted by atomic mass is 35.5. The number of amides is 1. The van der Waals surface area contributed by atoms with Crippen LogP contribution in [0.1, 0.15) is 19.3 Å². The van der Waals surface area contributed by atoms with Crippen LogP contribution in [0, 0.1) is 0 Å². The van der Waals surface area contributed by atoms with Crippen molar-refractivity contribution in [3.63, 3.8) is 0 Å². The van der Waals surface area contributed by atoms with Crippen molar-refractivity contribution >= 4 is 63.9 Å². The highest BCUT2D eigenvalue weighted by Gasteiger charge is 2.41. The van der Waals surface area contributed by atoms with E-state index in [2.05, 4.69) is 4.98 Å². The Bertz CT molecular complexity index is 1220. The van der Waals surface area contributed by atoms with Gasteiger partial charge in [0.1, 0.15) is 0 Å². The van der Waals surface area contributed by atoms with Gasteiger partial charge in [0.25, 0.3) is 11.7 Å². The number of piperazine rings is 1. The van der Waals surface area contributed by atoms with E-state index in [1.165, 1.54) is 23.4 Å². The third kappa shape index (κ3) is 10.9. The fourth-order valence-electron chi connectivity index (χ4n) is 2.71. The monoisotopic (exact) mass is 665 g/mol. The molecule has 0 aliphatic carbocycles. The summed E-state index contributed by atoms with van der Waals surface area (Å²) in [4.78, 5) is 48.5. The second-order valence-corrected chi connectivity index (χ2v) is 9.23. The van der Waals surface area contributed by atoms with Crippen molar-refractivity contribution in [3.05, 3.63) is 44.3 Å². The fraction of sp³-hybridized carbons (Fsp3) is 0.350. The number of thiophene rings is 1. The molecule has 1 fully saturated rings. The molecule has 1 aliphatic rings. The van der Waals surface area contributed by atoms with Gasteiger partial charge in [-0.15, -0.1) is 11.3 Å². The Morgan fingerprint density at radius 3 is 1.49 bits per heavy atom. The predicted octanol–water partition coefficient (Wildman–Crippen LogP) is 5.42. The van der Waals surface area contributed by atoms with Gasteiger partial charge in [-0.05, 0) is 12.1 Å². The first kappa shape index (κ1) is 35.7. The molecule has 0 atom stereocenters. The number of nitrogens with zero attached hydrogens (tertiary/aromatic N) is 3. The molecule has 1 saturated heterocycles. The zero-order valence-electron chi connectivity index (χ0n) is 19.6. The number of carboxylic acid groups (broad SMARTS) is 2. The van der Waals surface area contributed by atoms with Crippen LogP contribution in [0.15, 0.2) is 24.5 Å². The third-order valence-electron chi connectivity index (χ3n) is 4.49. The molecule has 0 radical (unpaired) electrons. The van der Waals surface area contributed by atoms with Crippen LogP contribution in [0.3, 0.4) is 0 Å².